The van der Waals surface area contributed by atoms with Crippen molar-refractivity contribution in [3.8, 4) is 17.1 Å². The van der Waals surface area contributed by atoms with Crippen LogP contribution in [0.2, 0.25) is 0 Å². The number of methoxy groups -OCH3 is 1. The van der Waals surface area contributed by atoms with Crippen LogP contribution in [-0.2, 0) is 17.5 Å². The number of carbonyl (C=O) groups excluding carboxylic acids is 2. The first-order chi connectivity index (χ1) is 18.1. The van der Waals surface area contributed by atoms with Gasteiger partial charge in [0.05, 0.1) is 42.8 Å². The predicted molar refractivity (Wildman–Crippen MR) is 126 cm³/mol. The molecule has 0 saturated heterocycles. The molecule has 0 spiro atoms. The van der Waals surface area contributed by atoms with E-state index in [-0.39, 0.29) is 49.1 Å². The number of alkyl halides is 3. The molecule has 1 atom stereocenters. The Morgan fingerprint density at radius 3 is 2.61 bits per heavy atom. The Balaban J connectivity index is 1.75. The Kier molecular flexibility index (Phi) is 7.60. The zero-order valence-electron chi connectivity index (χ0n) is 20.4. The normalized spacial score (nSPS) is 15.3. The summed E-state index contributed by atoms with van der Waals surface area (Å²) < 4.78 is 50.9. The number of nitrogens with zero attached hydrogens (tertiary/aromatic N) is 5. The molecule has 4 rings (SSSR count). The number of amides is 2. The Morgan fingerprint density at radius 1 is 1.16 bits per heavy atom. The molecule has 2 aromatic heterocycles. The Labute approximate surface area is 214 Å². The first kappa shape index (κ1) is 26.6. The van der Waals surface area contributed by atoms with Gasteiger partial charge in [0.15, 0.2) is 0 Å². The van der Waals surface area contributed by atoms with E-state index in [9.17, 15) is 27.6 Å². The van der Waals surface area contributed by atoms with Crippen molar-refractivity contribution in [3.63, 3.8) is 0 Å². The summed E-state index contributed by atoms with van der Waals surface area (Å²) in [6.45, 7) is 1.79. The van der Waals surface area contributed by atoms with Gasteiger partial charge in [0.25, 0.3) is 11.5 Å². The van der Waals surface area contributed by atoms with Crippen molar-refractivity contribution in [1.29, 1.82) is 0 Å². The van der Waals surface area contributed by atoms with Gasteiger partial charge >= 0.3 is 12.3 Å². The molecule has 1 aromatic carbocycles. The lowest BCUT2D eigenvalue weighted by atomic mass is 10.1. The van der Waals surface area contributed by atoms with Crippen LogP contribution in [0.15, 0.2) is 47.7 Å². The molecule has 11 nitrogen and oxygen atoms in total. The van der Waals surface area contributed by atoms with Crippen molar-refractivity contribution >= 4 is 12.0 Å². The minimum Gasteiger partial charge on any atom is -0.496 e. The number of aromatic nitrogens is 4. The molecule has 200 valence electrons. The summed E-state index contributed by atoms with van der Waals surface area (Å²) in [7, 11) is 1.14. The molecule has 2 amide bonds. The van der Waals surface area contributed by atoms with Gasteiger partial charge in [-0.25, -0.2) is 19.7 Å². The summed E-state index contributed by atoms with van der Waals surface area (Å²) in [5.41, 5.74) is -1.02. The summed E-state index contributed by atoms with van der Waals surface area (Å²) in [6, 6.07) is 4.28. The Hall–Kier alpha value is -4.49. The van der Waals surface area contributed by atoms with Crippen LogP contribution in [0.3, 0.4) is 0 Å². The molecule has 0 aliphatic carbocycles. The van der Waals surface area contributed by atoms with E-state index < -0.39 is 35.3 Å². The fourth-order valence-electron chi connectivity index (χ4n) is 3.98. The summed E-state index contributed by atoms with van der Waals surface area (Å²) in [6.07, 6.45) is -2.52. The van der Waals surface area contributed by atoms with Crippen LogP contribution in [0.5, 0.6) is 5.75 Å². The van der Waals surface area contributed by atoms with Crippen LogP contribution < -0.4 is 15.6 Å². The molecule has 0 radical (unpaired) electrons. The van der Waals surface area contributed by atoms with Gasteiger partial charge < -0.3 is 19.7 Å². The van der Waals surface area contributed by atoms with Crippen LogP contribution in [0, 0.1) is 0 Å². The zero-order chi connectivity index (χ0) is 27.4. The highest BCUT2D eigenvalue weighted by atomic mass is 19.4. The number of carbonyl (C=O) groups is 2. The largest absolute Gasteiger partial charge is 0.496 e. The minimum absolute atomic E-state index is 0.0695. The number of fused-ring (bicyclic) bond motifs is 1. The number of rotatable bonds is 5. The van der Waals surface area contributed by atoms with E-state index in [1.165, 1.54) is 28.1 Å². The summed E-state index contributed by atoms with van der Waals surface area (Å²) in [5.74, 6) is -0.954. The molecular weight excluding hydrogens is 509 g/mol. The van der Waals surface area contributed by atoms with Crippen molar-refractivity contribution in [3.05, 3.63) is 70.2 Å². The van der Waals surface area contributed by atoms with Crippen LogP contribution in [0.1, 0.15) is 34.7 Å². The Morgan fingerprint density at radius 2 is 1.95 bits per heavy atom. The second-order valence-corrected chi connectivity index (χ2v) is 8.17. The van der Waals surface area contributed by atoms with Gasteiger partial charge in [0.2, 0.25) is 0 Å². The smallest absolute Gasteiger partial charge is 0.416 e. The lowest BCUT2D eigenvalue weighted by Gasteiger charge is -2.24. The molecule has 3 heterocycles. The zero-order valence-corrected chi connectivity index (χ0v) is 20.4. The number of ether oxygens (including phenoxy) is 2. The summed E-state index contributed by atoms with van der Waals surface area (Å²) in [4.78, 5) is 52.7. The summed E-state index contributed by atoms with van der Waals surface area (Å²) in [5, 5.41) is 2.69. The van der Waals surface area contributed by atoms with Gasteiger partial charge in [0.1, 0.15) is 23.9 Å². The van der Waals surface area contributed by atoms with Crippen LogP contribution >= 0.6 is 0 Å². The van der Waals surface area contributed by atoms with Gasteiger partial charge in [0, 0.05) is 25.4 Å². The molecule has 1 unspecified atom stereocenters. The maximum Gasteiger partial charge on any atom is 0.416 e. The maximum absolute atomic E-state index is 13.3. The lowest BCUT2D eigenvalue weighted by Crippen LogP contribution is -2.41. The van der Waals surface area contributed by atoms with E-state index in [0.29, 0.717) is 5.69 Å². The average Bonchev–Trinajstić information content (AvgIpc) is 3.08. The van der Waals surface area contributed by atoms with Gasteiger partial charge in [-0.2, -0.15) is 13.2 Å². The number of hydrogen-bond donors (Lipinski definition) is 1. The minimum atomic E-state index is -4.63. The van der Waals surface area contributed by atoms with Gasteiger partial charge in [-0.3, -0.25) is 14.2 Å². The number of benzene rings is 1. The first-order valence-electron chi connectivity index (χ1n) is 11.5. The van der Waals surface area contributed by atoms with Crippen LogP contribution in [-0.4, -0.2) is 63.2 Å². The molecule has 0 fully saturated rings. The van der Waals surface area contributed by atoms with Gasteiger partial charge in [-0.05, 0) is 31.2 Å². The monoisotopic (exact) mass is 532 g/mol. The van der Waals surface area contributed by atoms with E-state index >= 15 is 0 Å². The summed E-state index contributed by atoms with van der Waals surface area (Å²) >= 11 is 0. The molecule has 14 heteroatoms. The standard InChI is InChI=1S/C24H23F3N6O5/c1-3-38-23(36)32-8-9-33-20(34)11-17(16-6-7-28-13-29-16)30-21(33)18(12-32)31-22(35)15-5-4-14(24(25,26)27)10-19(15)37-2/h4-7,10-11,13,18H,3,8-9,12H2,1-2H3,(H,31,35). The van der Waals surface area contributed by atoms with Crippen molar-refractivity contribution in [2.24, 2.45) is 0 Å². The third-order valence-electron chi connectivity index (χ3n) is 5.80. The van der Waals surface area contributed by atoms with Crippen molar-refractivity contribution < 1.29 is 32.2 Å². The van der Waals surface area contributed by atoms with Crippen molar-refractivity contribution in [2.45, 2.75) is 25.7 Å². The van der Waals surface area contributed by atoms with E-state index in [1.54, 1.807) is 13.0 Å². The molecule has 0 saturated carbocycles. The molecule has 38 heavy (non-hydrogen) atoms. The maximum atomic E-state index is 13.3. The number of halogens is 3. The number of hydrogen-bond acceptors (Lipinski definition) is 8. The van der Waals surface area contributed by atoms with E-state index in [4.69, 9.17) is 9.47 Å². The second-order valence-electron chi connectivity index (χ2n) is 8.17. The highest BCUT2D eigenvalue weighted by molar-refractivity contribution is 5.97. The van der Waals surface area contributed by atoms with E-state index in [2.05, 4.69) is 20.3 Å². The SMILES string of the molecule is CCOC(=O)N1CCn2c(nc(-c3ccncn3)cc2=O)C(NC(=O)c2ccc(C(F)(F)F)cc2OC)C1. The van der Waals surface area contributed by atoms with Gasteiger partial charge in [-0.1, -0.05) is 0 Å². The molecule has 3 aromatic rings. The third-order valence-corrected chi connectivity index (χ3v) is 5.80. The van der Waals surface area contributed by atoms with Crippen molar-refractivity contribution in [1.82, 2.24) is 29.7 Å². The second kappa shape index (κ2) is 10.9. The van der Waals surface area contributed by atoms with E-state index in [0.717, 1.165) is 25.3 Å². The third kappa shape index (κ3) is 5.58. The molecular formula is C24H23F3N6O5. The molecule has 0 bridgehead atoms. The average molecular weight is 532 g/mol. The fourth-order valence-corrected chi connectivity index (χ4v) is 3.98. The van der Waals surface area contributed by atoms with Crippen LogP contribution in [0.4, 0.5) is 18.0 Å². The van der Waals surface area contributed by atoms with Crippen LogP contribution in [0.25, 0.3) is 11.4 Å². The lowest BCUT2D eigenvalue weighted by molar-refractivity contribution is -0.137. The number of nitrogens with one attached hydrogen (secondary N) is 1. The highest BCUT2D eigenvalue weighted by Crippen LogP contribution is 2.33. The topological polar surface area (TPSA) is 129 Å². The highest BCUT2D eigenvalue weighted by Gasteiger charge is 2.34. The van der Waals surface area contributed by atoms with Gasteiger partial charge in [-0.15, -0.1) is 0 Å². The molecule has 1 aliphatic heterocycles. The van der Waals surface area contributed by atoms with Crippen molar-refractivity contribution in [2.75, 3.05) is 26.8 Å². The quantitative estimate of drug-likeness (QED) is 0.531. The Bertz CT molecular complexity index is 1400. The molecule has 1 N–H and O–H groups in total. The fraction of sp³-hybridized carbons (Fsp3) is 0.333. The van der Waals surface area contributed by atoms with E-state index in [1.807, 2.05) is 0 Å². The first-order valence-corrected chi connectivity index (χ1v) is 11.5. The predicted octanol–water partition coefficient (Wildman–Crippen LogP) is 2.67. The molecule has 1 aliphatic rings.